The molecular weight excluding hydrogens is 268 g/mol. The highest BCUT2D eigenvalue weighted by Crippen LogP contribution is 2.13. The minimum atomic E-state index is 0.0370. The summed E-state index contributed by atoms with van der Waals surface area (Å²) in [6, 6.07) is 2.21. The van der Waals surface area contributed by atoms with E-state index in [1.165, 1.54) is 0 Å². The van der Waals surface area contributed by atoms with Crippen LogP contribution in [-0.4, -0.2) is 70.9 Å². The van der Waals surface area contributed by atoms with Crippen LogP contribution in [0.1, 0.15) is 30.0 Å². The fraction of sp³-hybridized carbons (Fsp3) is 0.733. The molecule has 1 aromatic heterocycles. The summed E-state index contributed by atoms with van der Waals surface area (Å²) in [5.74, 6) is 0.0370. The number of aromatic nitrogens is 2. The van der Waals surface area contributed by atoms with Gasteiger partial charge in [-0.1, -0.05) is 0 Å². The fourth-order valence-corrected chi connectivity index (χ4v) is 2.67. The number of nitrogens with zero attached hydrogens (tertiary/aromatic N) is 4. The lowest BCUT2D eigenvalue weighted by atomic mass is 10.2. The van der Waals surface area contributed by atoms with Gasteiger partial charge in [-0.3, -0.25) is 14.4 Å². The molecule has 118 valence electrons. The van der Waals surface area contributed by atoms with Gasteiger partial charge in [-0.15, -0.1) is 0 Å². The molecule has 1 fully saturated rings. The molecule has 0 bridgehead atoms. The molecule has 2 rings (SSSR count). The zero-order valence-electron chi connectivity index (χ0n) is 13.5. The lowest BCUT2D eigenvalue weighted by molar-refractivity contribution is 0.0388. The highest BCUT2D eigenvalue weighted by Gasteiger charge is 2.28. The highest BCUT2D eigenvalue weighted by molar-refractivity contribution is 5.92. The van der Waals surface area contributed by atoms with Gasteiger partial charge in [-0.25, -0.2) is 0 Å². The number of amides is 1. The number of rotatable bonds is 5. The van der Waals surface area contributed by atoms with Gasteiger partial charge in [0.15, 0.2) is 5.69 Å². The van der Waals surface area contributed by atoms with Crippen LogP contribution in [0, 0.1) is 6.92 Å². The second-order valence-corrected chi connectivity index (χ2v) is 5.63. The lowest BCUT2D eigenvalue weighted by Crippen LogP contribution is -2.54. The van der Waals surface area contributed by atoms with Crippen molar-refractivity contribution in [2.75, 3.05) is 39.4 Å². The van der Waals surface area contributed by atoms with Crippen LogP contribution in [-0.2, 0) is 11.8 Å². The quantitative estimate of drug-likeness (QED) is 0.758. The Balaban J connectivity index is 1.91. The third-order valence-corrected chi connectivity index (χ3v) is 4.11. The van der Waals surface area contributed by atoms with Crippen LogP contribution in [0.5, 0.6) is 0 Å². The molecule has 1 amide bonds. The first-order chi connectivity index (χ1) is 10.0. The minimum Gasteiger partial charge on any atom is -0.380 e. The van der Waals surface area contributed by atoms with Crippen LogP contribution in [0.25, 0.3) is 0 Å². The van der Waals surface area contributed by atoms with E-state index in [-0.39, 0.29) is 5.91 Å². The topological polar surface area (TPSA) is 50.6 Å². The summed E-state index contributed by atoms with van der Waals surface area (Å²) in [5.41, 5.74) is 1.55. The van der Waals surface area contributed by atoms with Crippen molar-refractivity contribution in [2.45, 2.75) is 26.8 Å². The van der Waals surface area contributed by atoms with Gasteiger partial charge in [0.1, 0.15) is 0 Å². The average Bonchev–Trinajstić information content (AvgIpc) is 2.80. The van der Waals surface area contributed by atoms with Crippen molar-refractivity contribution in [3.8, 4) is 0 Å². The molecule has 6 heteroatoms. The van der Waals surface area contributed by atoms with Crippen LogP contribution < -0.4 is 0 Å². The first-order valence-corrected chi connectivity index (χ1v) is 7.64. The smallest absolute Gasteiger partial charge is 0.274 e. The third kappa shape index (κ3) is 3.83. The van der Waals surface area contributed by atoms with Crippen molar-refractivity contribution in [1.82, 2.24) is 19.6 Å². The molecule has 0 radical (unpaired) electrons. The number of carbonyl (C=O) groups is 1. The van der Waals surface area contributed by atoms with Gasteiger partial charge in [0.25, 0.3) is 5.91 Å². The molecule has 1 saturated heterocycles. The van der Waals surface area contributed by atoms with E-state index in [1.807, 2.05) is 31.9 Å². The van der Waals surface area contributed by atoms with E-state index in [4.69, 9.17) is 4.74 Å². The van der Waals surface area contributed by atoms with Gasteiger partial charge in [0.2, 0.25) is 0 Å². The first kappa shape index (κ1) is 16.0. The molecule has 2 heterocycles. The number of carbonyl (C=O) groups excluding carboxylic acids is 1. The predicted molar refractivity (Wildman–Crippen MR) is 81.4 cm³/mol. The predicted octanol–water partition coefficient (Wildman–Crippen LogP) is 0.911. The van der Waals surface area contributed by atoms with Gasteiger partial charge in [0, 0.05) is 51.6 Å². The normalized spacial score (nSPS) is 20.0. The molecule has 6 nitrogen and oxygen atoms in total. The van der Waals surface area contributed by atoms with Gasteiger partial charge in [0.05, 0.1) is 6.61 Å². The minimum absolute atomic E-state index is 0.0370. The molecule has 0 N–H and O–H groups in total. The number of hydrogen-bond donors (Lipinski definition) is 0. The molecule has 1 aliphatic heterocycles. The monoisotopic (exact) mass is 294 g/mol. The molecular formula is C15H26N4O2. The number of piperazine rings is 1. The van der Waals surface area contributed by atoms with Crippen LogP contribution in [0.3, 0.4) is 0 Å². The Morgan fingerprint density at radius 2 is 2.24 bits per heavy atom. The lowest BCUT2D eigenvalue weighted by Gasteiger charge is -2.39. The first-order valence-electron chi connectivity index (χ1n) is 7.64. The van der Waals surface area contributed by atoms with Crippen molar-refractivity contribution in [2.24, 2.45) is 7.05 Å². The summed E-state index contributed by atoms with van der Waals surface area (Å²) >= 11 is 0. The maximum absolute atomic E-state index is 12.5. The van der Waals surface area contributed by atoms with Crippen LogP contribution in [0.15, 0.2) is 6.07 Å². The van der Waals surface area contributed by atoms with Crippen LogP contribution in [0.4, 0.5) is 0 Å². The van der Waals surface area contributed by atoms with E-state index in [1.54, 1.807) is 4.68 Å². The second kappa shape index (κ2) is 7.04. The standard InChI is InChI=1S/C15H26N4O2/c1-5-21-9-8-18-6-7-19(11-13(18)3)15(20)14-10-12(2)17(4)16-14/h10,13H,5-9,11H2,1-4H3. The fourth-order valence-electron chi connectivity index (χ4n) is 2.67. The van der Waals surface area contributed by atoms with Gasteiger partial charge in [-0.2, -0.15) is 5.10 Å². The Hall–Kier alpha value is -1.40. The Morgan fingerprint density at radius 1 is 1.48 bits per heavy atom. The molecule has 0 aromatic carbocycles. The Kier molecular flexibility index (Phi) is 5.36. The molecule has 1 unspecified atom stereocenters. The van der Waals surface area contributed by atoms with E-state index >= 15 is 0 Å². The molecule has 21 heavy (non-hydrogen) atoms. The van der Waals surface area contributed by atoms with E-state index in [9.17, 15) is 4.79 Å². The van der Waals surface area contributed by atoms with E-state index in [2.05, 4.69) is 16.9 Å². The maximum atomic E-state index is 12.5. The molecule has 0 aliphatic carbocycles. The Morgan fingerprint density at radius 3 is 2.81 bits per heavy atom. The Bertz CT molecular complexity index is 467. The van der Waals surface area contributed by atoms with Crippen molar-refractivity contribution in [3.05, 3.63) is 17.5 Å². The van der Waals surface area contributed by atoms with Crippen LogP contribution >= 0.6 is 0 Å². The van der Waals surface area contributed by atoms with E-state index < -0.39 is 0 Å². The summed E-state index contributed by atoms with van der Waals surface area (Å²) in [5, 5.41) is 4.28. The molecule has 1 aromatic rings. The van der Waals surface area contributed by atoms with E-state index in [0.29, 0.717) is 11.7 Å². The average molecular weight is 294 g/mol. The largest absolute Gasteiger partial charge is 0.380 e. The maximum Gasteiger partial charge on any atom is 0.274 e. The van der Waals surface area contributed by atoms with E-state index in [0.717, 1.165) is 45.1 Å². The molecule has 0 spiro atoms. The Labute approximate surface area is 126 Å². The van der Waals surface area contributed by atoms with Crippen molar-refractivity contribution in [3.63, 3.8) is 0 Å². The van der Waals surface area contributed by atoms with Crippen molar-refractivity contribution < 1.29 is 9.53 Å². The van der Waals surface area contributed by atoms with Gasteiger partial charge >= 0.3 is 0 Å². The SMILES string of the molecule is CCOCCN1CCN(C(=O)c2cc(C)n(C)n2)CC1C. The third-order valence-electron chi connectivity index (χ3n) is 4.11. The van der Waals surface area contributed by atoms with Crippen LogP contribution in [0.2, 0.25) is 0 Å². The summed E-state index contributed by atoms with van der Waals surface area (Å²) < 4.78 is 7.15. The van der Waals surface area contributed by atoms with Gasteiger partial charge in [-0.05, 0) is 26.8 Å². The summed E-state index contributed by atoms with van der Waals surface area (Å²) in [6.45, 7) is 11.0. The van der Waals surface area contributed by atoms with Gasteiger partial charge < -0.3 is 9.64 Å². The van der Waals surface area contributed by atoms with Crippen molar-refractivity contribution >= 4 is 5.91 Å². The summed E-state index contributed by atoms with van der Waals surface area (Å²) in [4.78, 5) is 16.8. The van der Waals surface area contributed by atoms with Crippen molar-refractivity contribution in [1.29, 1.82) is 0 Å². The molecule has 1 atom stereocenters. The molecule has 1 aliphatic rings. The summed E-state index contributed by atoms with van der Waals surface area (Å²) in [6.07, 6.45) is 0. The zero-order valence-corrected chi connectivity index (χ0v) is 13.5. The molecule has 0 saturated carbocycles. The number of ether oxygens (including phenoxy) is 1. The summed E-state index contributed by atoms with van der Waals surface area (Å²) in [7, 11) is 1.86. The highest BCUT2D eigenvalue weighted by atomic mass is 16.5. The zero-order chi connectivity index (χ0) is 15.4. The number of aryl methyl sites for hydroxylation is 2. The second-order valence-electron chi connectivity index (χ2n) is 5.63. The number of hydrogen-bond acceptors (Lipinski definition) is 4.